The highest BCUT2D eigenvalue weighted by Gasteiger charge is 2.18. The van der Waals surface area contributed by atoms with Gasteiger partial charge in [-0.05, 0) is 68.8 Å². The van der Waals surface area contributed by atoms with E-state index < -0.39 is 0 Å². The quantitative estimate of drug-likeness (QED) is 0.458. The number of hydrogen-bond donors (Lipinski definition) is 1. The summed E-state index contributed by atoms with van der Waals surface area (Å²) in [6.45, 7) is 9.94. The molecule has 6 nitrogen and oxygen atoms in total. The van der Waals surface area contributed by atoms with Crippen LogP contribution in [0.3, 0.4) is 0 Å². The lowest BCUT2D eigenvalue weighted by Crippen LogP contribution is -2.47. The standard InChI is InChI=1S/C26H31FN4O2S/c1-19-5-3-6-22(17-19)31-15-13-30(14-16-31)12-4-11-28-26(32)25-20(2)29-24(34-25)18-33-23-9-7-21(27)8-10-23/h3,5-10,17H,4,11-16,18H2,1-2H3,(H,28,32). The van der Waals surface area contributed by atoms with Gasteiger partial charge in [0.05, 0.1) is 5.69 Å². The molecule has 1 amide bonds. The van der Waals surface area contributed by atoms with E-state index in [2.05, 4.69) is 51.3 Å². The number of aryl methyl sites for hydroxylation is 2. The Bertz CT molecular complexity index is 1090. The Hall–Kier alpha value is -2.97. The third-order valence-corrected chi connectivity index (χ3v) is 7.03. The topological polar surface area (TPSA) is 57.7 Å². The van der Waals surface area contributed by atoms with Crippen LogP contribution >= 0.6 is 11.3 Å². The summed E-state index contributed by atoms with van der Waals surface area (Å²) in [6, 6.07) is 14.5. The van der Waals surface area contributed by atoms with E-state index in [1.165, 1.54) is 34.7 Å². The summed E-state index contributed by atoms with van der Waals surface area (Å²) < 4.78 is 18.6. The molecular formula is C26H31FN4O2S. The maximum absolute atomic E-state index is 13.0. The lowest BCUT2D eigenvalue weighted by molar-refractivity contribution is 0.0954. The molecule has 1 N–H and O–H groups in total. The molecule has 0 bridgehead atoms. The van der Waals surface area contributed by atoms with E-state index in [0.717, 1.165) is 44.2 Å². The lowest BCUT2D eigenvalue weighted by atomic mass is 10.2. The van der Waals surface area contributed by atoms with Crippen molar-refractivity contribution in [1.82, 2.24) is 15.2 Å². The summed E-state index contributed by atoms with van der Waals surface area (Å²) in [5.74, 6) is 0.174. The van der Waals surface area contributed by atoms with Gasteiger partial charge in [-0.25, -0.2) is 9.37 Å². The van der Waals surface area contributed by atoms with Crippen LogP contribution in [0.25, 0.3) is 0 Å². The van der Waals surface area contributed by atoms with Crippen molar-refractivity contribution < 1.29 is 13.9 Å². The van der Waals surface area contributed by atoms with Gasteiger partial charge < -0.3 is 15.0 Å². The fourth-order valence-electron chi connectivity index (χ4n) is 4.04. The van der Waals surface area contributed by atoms with Gasteiger partial charge >= 0.3 is 0 Å². The van der Waals surface area contributed by atoms with Gasteiger partial charge in [0.25, 0.3) is 5.91 Å². The first-order valence-corrected chi connectivity index (χ1v) is 12.5. The fourth-order valence-corrected chi connectivity index (χ4v) is 4.93. The first-order valence-electron chi connectivity index (χ1n) is 11.6. The van der Waals surface area contributed by atoms with Crippen molar-refractivity contribution >= 4 is 22.9 Å². The Kier molecular flexibility index (Phi) is 8.13. The fraction of sp³-hybridized carbons (Fsp3) is 0.385. The van der Waals surface area contributed by atoms with E-state index in [0.29, 0.717) is 22.9 Å². The Morgan fingerprint density at radius 2 is 1.88 bits per heavy atom. The highest BCUT2D eigenvalue weighted by molar-refractivity contribution is 7.13. The van der Waals surface area contributed by atoms with Crippen LogP contribution in [-0.4, -0.2) is 55.1 Å². The summed E-state index contributed by atoms with van der Waals surface area (Å²) in [5, 5.41) is 3.75. The minimum absolute atomic E-state index is 0.0905. The predicted octanol–water partition coefficient (Wildman–Crippen LogP) is 4.42. The largest absolute Gasteiger partial charge is 0.486 e. The molecular weight excluding hydrogens is 451 g/mol. The Morgan fingerprint density at radius 3 is 2.62 bits per heavy atom. The minimum Gasteiger partial charge on any atom is -0.486 e. The number of aromatic nitrogens is 1. The zero-order valence-electron chi connectivity index (χ0n) is 19.7. The molecule has 0 radical (unpaired) electrons. The average Bonchev–Trinajstić information content (AvgIpc) is 3.22. The van der Waals surface area contributed by atoms with Gasteiger partial charge in [-0.1, -0.05) is 12.1 Å². The van der Waals surface area contributed by atoms with Crippen LogP contribution in [0.1, 0.15) is 32.4 Å². The summed E-state index contributed by atoms with van der Waals surface area (Å²) in [7, 11) is 0. The van der Waals surface area contributed by atoms with Crippen LogP contribution in [0.5, 0.6) is 5.75 Å². The number of nitrogens with one attached hydrogen (secondary N) is 1. The molecule has 0 atom stereocenters. The molecule has 4 rings (SSSR count). The smallest absolute Gasteiger partial charge is 0.263 e. The van der Waals surface area contributed by atoms with Gasteiger partial charge in [0, 0.05) is 38.4 Å². The van der Waals surface area contributed by atoms with E-state index in [-0.39, 0.29) is 18.3 Å². The number of carbonyl (C=O) groups is 1. The summed E-state index contributed by atoms with van der Waals surface area (Å²) in [4.78, 5) is 22.6. The van der Waals surface area contributed by atoms with Crippen molar-refractivity contribution in [2.24, 2.45) is 0 Å². The molecule has 1 aromatic heterocycles. The van der Waals surface area contributed by atoms with E-state index in [1.54, 1.807) is 12.1 Å². The number of thiazole rings is 1. The molecule has 0 aliphatic carbocycles. The molecule has 0 unspecified atom stereocenters. The maximum Gasteiger partial charge on any atom is 0.263 e. The van der Waals surface area contributed by atoms with E-state index in [1.807, 2.05) is 6.92 Å². The second-order valence-electron chi connectivity index (χ2n) is 8.54. The van der Waals surface area contributed by atoms with E-state index in [4.69, 9.17) is 4.74 Å². The molecule has 1 fully saturated rings. The molecule has 2 aromatic carbocycles. The lowest BCUT2D eigenvalue weighted by Gasteiger charge is -2.36. The monoisotopic (exact) mass is 482 g/mol. The SMILES string of the molecule is Cc1cccc(N2CCN(CCCNC(=O)c3sc(COc4ccc(F)cc4)nc3C)CC2)c1. The van der Waals surface area contributed by atoms with E-state index >= 15 is 0 Å². The predicted molar refractivity (Wildman–Crippen MR) is 134 cm³/mol. The summed E-state index contributed by atoms with van der Waals surface area (Å²) in [5.41, 5.74) is 3.29. The zero-order valence-corrected chi connectivity index (χ0v) is 20.5. The van der Waals surface area contributed by atoms with Crippen LogP contribution in [0.2, 0.25) is 0 Å². The number of anilines is 1. The molecule has 3 aromatic rings. The van der Waals surface area contributed by atoms with Gasteiger partial charge in [0.1, 0.15) is 28.1 Å². The molecule has 1 saturated heterocycles. The van der Waals surface area contributed by atoms with Crippen LogP contribution in [0.4, 0.5) is 10.1 Å². The van der Waals surface area contributed by atoms with Crippen LogP contribution in [-0.2, 0) is 6.61 Å². The number of carbonyl (C=O) groups excluding carboxylic acids is 1. The number of amides is 1. The van der Waals surface area contributed by atoms with Gasteiger partial charge in [-0.15, -0.1) is 11.3 Å². The molecule has 0 spiro atoms. The molecule has 34 heavy (non-hydrogen) atoms. The Balaban J connectivity index is 1.16. The Labute approximate surface area is 204 Å². The van der Waals surface area contributed by atoms with Crippen LogP contribution < -0.4 is 15.0 Å². The minimum atomic E-state index is -0.305. The zero-order chi connectivity index (χ0) is 23.9. The molecule has 0 saturated carbocycles. The number of ether oxygens (including phenoxy) is 1. The van der Waals surface area contributed by atoms with Gasteiger partial charge in [-0.3, -0.25) is 9.69 Å². The average molecular weight is 483 g/mol. The first kappa shape index (κ1) is 24.2. The van der Waals surface area contributed by atoms with Crippen LogP contribution in [0, 0.1) is 19.7 Å². The van der Waals surface area contributed by atoms with Gasteiger partial charge in [0.2, 0.25) is 0 Å². The number of nitrogens with zero attached hydrogens (tertiary/aromatic N) is 3. The van der Waals surface area contributed by atoms with Gasteiger partial charge in [0.15, 0.2) is 0 Å². The number of benzene rings is 2. The maximum atomic E-state index is 13.0. The van der Waals surface area contributed by atoms with Gasteiger partial charge in [-0.2, -0.15) is 0 Å². The second-order valence-corrected chi connectivity index (χ2v) is 9.63. The van der Waals surface area contributed by atoms with Crippen molar-refractivity contribution in [3.63, 3.8) is 0 Å². The second kappa shape index (κ2) is 11.4. The Morgan fingerprint density at radius 1 is 1.12 bits per heavy atom. The molecule has 180 valence electrons. The number of halogens is 1. The van der Waals surface area contributed by atoms with Crippen molar-refractivity contribution in [3.05, 3.63) is 75.5 Å². The van der Waals surface area contributed by atoms with E-state index in [9.17, 15) is 9.18 Å². The third-order valence-electron chi connectivity index (χ3n) is 5.90. The van der Waals surface area contributed by atoms with Crippen molar-refractivity contribution in [2.45, 2.75) is 26.9 Å². The molecule has 8 heteroatoms. The van der Waals surface area contributed by atoms with Crippen molar-refractivity contribution in [2.75, 3.05) is 44.2 Å². The first-order chi connectivity index (χ1) is 16.5. The van der Waals surface area contributed by atoms with Crippen LogP contribution in [0.15, 0.2) is 48.5 Å². The summed E-state index contributed by atoms with van der Waals surface area (Å²) >= 11 is 1.34. The number of rotatable bonds is 9. The van der Waals surface area contributed by atoms with Crippen molar-refractivity contribution in [1.29, 1.82) is 0 Å². The van der Waals surface area contributed by atoms with Crippen molar-refractivity contribution in [3.8, 4) is 5.75 Å². The molecule has 1 aliphatic heterocycles. The molecule has 2 heterocycles. The highest BCUT2D eigenvalue weighted by Crippen LogP contribution is 2.21. The highest BCUT2D eigenvalue weighted by atomic mass is 32.1. The number of hydrogen-bond acceptors (Lipinski definition) is 6. The normalized spacial score (nSPS) is 14.3. The number of piperazine rings is 1. The molecule has 1 aliphatic rings. The summed E-state index contributed by atoms with van der Waals surface area (Å²) in [6.07, 6.45) is 0.911. The third kappa shape index (κ3) is 6.55.